The van der Waals surface area contributed by atoms with Crippen LogP contribution in [-0.4, -0.2) is 15.1 Å². The van der Waals surface area contributed by atoms with Crippen LogP contribution in [0.5, 0.6) is 0 Å². The van der Waals surface area contributed by atoms with Crippen LogP contribution < -0.4 is 5.73 Å². The van der Waals surface area contributed by atoms with Gasteiger partial charge in [-0.25, -0.2) is 4.98 Å². The fourth-order valence-electron chi connectivity index (χ4n) is 1.68. The number of nitrogens with two attached hydrogens (primary N) is 1. The molecule has 0 amide bonds. The fourth-order valence-corrected chi connectivity index (χ4v) is 2.69. The highest BCUT2D eigenvalue weighted by molar-refractivity contribution is 9.10. The summed E-state index contributed by atoms with van der Waals surface area (Å²) in [6.07, 6.45) is 1.64. The van der Waals surface area contributed by atoms with E-state index in [1.165, 1.54) is 0 Å². The number of benzene rings is 1. The molecule has 3 aromatic rings. The summed E-state index contributed by atoms with van der Waals surface area (Å²) in [4.78, 5) is 9.62. The van der Waals surface area contributed by atoms with Crippen LogP contribution in [0.25, 0.3) is 11.6 Å². The second kappa shape index (κ2) is 6.28. The first-order chi connectivity index (χ1) is 10.2. The molecule has 21 heavy (non-hydrogen) atoms. The van der Waals surface area contributed by atoms with Gasteiger partial charge in [-0.2, -0.15) is 4.98 Å². The maximum Gasteiger partial charge on any atom is 0.278 e. The monoisotopic (exact) mass is 362 g/mol. The first-order valence-electron chi connectivity index (χ1n) is 6.14. The van der Waals surface area contributed by atoms with Crippen molar-refractivity contribution in [2.75, 3.05) is 5.73 Å². The van der Waals surface area contributed by atoms with Crippen molar-refractivity contribution in [3.05, 3.63) is 52.9 Å². The van der Waals surface area contributed by atoms with Crippen LogP contribution in [0.4, 0.5) is 5.69 Å². The Morgan fingerprint density at radius 1 is 1.19 bits per heavy atom. The average molecular weight is 363 g/mol. The van der Waals surface area contributed by atoms with Gasteiger partial charge in [-0.1, -0.05) is 21.1 Å². The van der Waals surface area contributed by atoms with E-state index in [0.29, 0.717) is 28.8 Å². The molecule has 0 bridgehead atoms. The average Bonchev–Trinajstić information content (AvgIpc) is 2.96. The maximum absolute atomic E-state index is 5.84. The quantitative estimate of drug-likeness (QED) is 0.711. The Bertz CT molecular complexity index is 745. The molecule has 0 unspecified atom stereocenters. The molecule has 3 rings (SSSR count). The Hall–Kier alpha value is -1.86. The summed E-state index contributed by atoms with van der Waals surface area (Å²) in [5, 5.41) is 3.95. The molecule has 0 spiro atoms. The van der Waals surface area contributed by atoms with E-state index < -0.39 is 0 Å². The van der Waals surface area contributed by atoms with Crippen molar-refractivity contribution in [2.24, 2.45) is 0 Å². The van der Waals surface area contributed by atoms with Crippen molar-refractivity contribution >= 4 is 33.4 Å². The van der Waals surface area contributed by atoms with Crippen molar-refractivity contribution in [1.29, 1.82) is 0 Å². The van der Waals surface area contributed by atoms with E-state index in [1.807, 2.05) is 24.3 Å². The molecule has 0 fully saturated rings. The van der Waals surface area contributed by atoms with Crippen molar-refractivity contribution in [2.45, 2.75) is 10.6 Å². The topological polar surface area (TPSA) is 77.8 Å². The predicted octanol–water partition coefficient (Wildman–Crippen LogP) is 3.77. The lowest BCUT2D eigenvalue weighted by Crippen LogP contribution is -1.92. The maximum atomic E-state index is 5.84. The summed E-state index contributed by atoms with van der Waals surface area (Å²) in [5.41, 5.74) is 6.88. The number of rotatable bonds is 4. The molecule has 0 atom stereocenters. The largest absolute Gasteiger partial charge is 0.397 e. The zero-order valence-corrected chi connectivity index (χ0v) is 13.3. The Morgan fingerprint density at radius 3 is 2.76 bits per heavy atom. The standard InChI is InChI=1S/C14H11BrN4OS/c15-9-3-5-10(6-4-9)21-8-12-18-14(20-19-12)13-11(16)2-1-7-17-13/h1-7H,8,16H2. The van der Waals surface area contributed by atoms with E-state index in [9.17, 15) is 0 Å². The van der Waals surface area contributed by atoms with Gasteiger partial charge >= 0.3 is 0 Å². The summed E-state index contributed by atoms with van der Waals surface area (Å²) in [6.45, 7) is 0. The van der Waals surface area contributed by atoms with E-state index in [-0.39, 0.29) is 0 Å². The third kappa shape index (κ3) is 3.43. The Labute approximate surface area is 134 Å². The Balaban J connectivity index is 1.71. The van der Waals surface area contributed by atoms with Crippen molar-refractivity contribution < 1.29 is 4.52 Å². The molecule has 0 saturated heterocycles. The lowest BCUT2D eigenvalue weighted by atomic mass is 10.3. The highest BCUT2D eigenvalue weighted by atomic mass is 79.9. The molecule has 0 radical (unpaired) electrons. The minimum absolute atomic E-state index is 0.347. The molecule has 7 heteroatoms. The summed E-state index contributed by atoms with van der Waals surface area (Å²) < 4.78 is 6.27. The van der Waals surface area contributed by atoms with E-state index >= 15 is 0 Å². The molecular formula is C14H11BrN4OS. The van der Waals surface area contributed by atoms with Crippen LogP contribution in [0, 0.1) is 0 Å². The fraction of sp³-hybridized carbons (Fsp3) is 0.0714. The minimum Gasteiger partial charge on any atom is -0.397 e. The van der Waals surface area contributed by atoms with Crippen molar-refractivity contribution in [3.8, 4) is 11.6 Å². The summed E-state index contributed by atoms with van der Waals surface area (Å²) in [5.74, 6) is 1.58. The molecule has 2 N–H and O–H groups in total. The van der Waals surface area contributed by atoms with Gasteiger partial charge in [0, 0.05) is 15.6 Å². The first-order valence-corrected chi connectivity index (χ1v) is 7.92. The van der Waals surface area contributed by atoms with Gasteiger partial charge in [-0.05, 0) is 36.4 Å². The first kappa shape index (κ1) is 14.1. The smallest absolute Gasteiger partial charge is 0.278 e. The van der Waals surface area contributed by atoms with Gasteiger partial charge in [0.1, 0.15) is 0 Å². The third-order valence-corrected chi connectivity index (χ3v) is 4.23. The van der Waals surface area contributed by atoms with Crippen LogP contribution in [0.15, 0.2) is 56.5 Å². The second-order valence-electron chi connectivity index (χ2n) is 4.20. The van der Waals surface area contributed by atoms with E-state index in [0.717, 1.165) is 9.37 Å². The Kier molecular flexibility index (Phi) is 4.21. The third-order valence-electron chi connectivity index (χ3n) is 2.69. The molecule has 0 saturated carbocycles. The molecule has 5 nitrogen and oxygen atoms in total. The van der Waals surface area contributed by atoms with Gasteiger partial charge in [0.15, 0.2) is 11.5 Å². The number of anilines is 1. The number of hydrogen-bond donors (Lipinski definition) is 1. The van der Waals surface area contributed by atoms with Gasteiger partial charge in [0.05, 0.1) is 11.4 Å². The highest BCUT2D eigenvalue weighted by Crippen LogP contribution is 2.25. The number of hydrogen-bond acceptors (Lipinski definition) is 6. The lowest BCUT2D eigenvalue weighted by Gasteiger charge is -1.98. The molecule has 0 aliphatic rings. The van der Waals surface area contributed by atoms with Crippen molar-refractivity contribution in [3.63, 3.8) is 0 Å². The minimum atomic E-state index is 0.347. The number of nitrogens with zero attached hydrogens (tertiary/aromatic N) is 3. The summed E-state index contributed by atoms with van der Waals surface area (Å²) >= 11 is 5.05. The van der Waals surface area contributed by atoms with Crippen LogP contribution in [0.1, 0.15) is 5.82 Å². The predicted molar refractivity (Wildman–Crippen MR) is 85.6 cm³/mol. The van der Waals surface area contributed by atoms with Gasteiger partial charge < -0.3 is 10.3 Å². The number of aromatic nitrogens is 3. The zero-order chi connectivity index (χ0) is 14.7. The normalized spacial score (nSPS) is 10.7. The molecule has 106 valence electrons. The SMILES string of the molecule is Nc1cccnc1-c1nc(CSc2ccc(Br)cc2)no1. The zero-order valence-electron chi connectivity index (χ0n) is 10.9. The van der Waals surface area contributed by atoms with Gasteiger partial charge in [-0.3, -0.25) is 0 Å². The number of nitrogen functional groups attached to an aromatic ring is 1. The lowest BCUT2D eigenvalue weighted by molar-refractivity contribution is 0.424. The van der Waals surface area contributed by atoms with Crippen LogP contribution in [0.2, 0.25) is 0 Å². The molecular weight excluding hydrogens is 352 g/mol. The van der Waals surface area contributed by atoms with Gasteiger partial charge in [0.2, 0.25) is 0 Å². The van der Waals surface area contributed by atoms with E-state index in [2.05, 4.69) is 31.1 Å². The van der Waals surface area contributed by atoms with E-state index in [4.69, 9.17) is 10.3 Å². The highest BCUT2D eigenvalue weighted by Gasteiger charge is 2.12. The number of thioether (sulfide) groups is 1. The van der Waals surface area contributed by atoms with Gasteiger partial charge in [0.25, 0.3) is 5.89 Å². The van der Waals surface area contributed by atoms with Crippen molar-refractivity contribution in [1.82, 2.24) is 15.1 Å². The Morgan fingerprint density at radius 2 is 2.00 bits per heavy atom. The molecule has 1 aromatic carbocycles. The number of pyridine rings is 1. The van der Waals surface area contributed by atoms with Gasteiger partial charge in [-0.15, -0.1) is 11.8 Å². The number of halogens is 1. The van der Waals surface area contributed by atoms with E-state index in [1.54, 1.807) is 30.1 Å². The molecule has 0 aliphatic heterocycles. The molecule has 2 heterocycles. The van der Waals surface area contributed by atoms with Crippen LogP contribution >= 0.6 is 27.7 Å². The molecule has 2 aromatic heterocycles. The summed E-state index contributed by atoms with van der Waals surface area (Å²) in [7, 11) is 0. The van der Waals surface area contributed by atoms with Crippen LogP contribution in [0.3, 0.4) is 0 Å². The summed E-state index contributed by atoms with van der Waals surface area (Å²) in [6, 6.07) is 11.6. The molecule has 0 aliphatic carbocycles. The second-order valence-corrected chi connectivity index (χ2v) is 6.16. The van der Waals surface area contributed by atoms with Crippen LogP contribution in [-0.2, 0) is 5.75 Å².